The summed E-state index contributed by atoms with van der Waals surface area (Å²) in [6.45, 7) is 3.88. The van der Waals surface area contributed by atoms with E-state index < -0.39 is 5.82 Å². The van der Waals surface area contributed by atoms with E-state index >= 15 is 0 Å². The van der Waals surface area contributed by atoms with Gasteiger partial charge in [-0.25, -0.2) is 14.4 Å². The van der Waals surface area contributed by atoms with E-state index in [0.717, 1.165) is 98.0 Å². The summed E-state index contributed by atoms with van der Waals surface area (Å²) in [5.41, 5.74) is 4.80. The fourth-order valence-electron chi connectivity index (χ4n) is 6.63. The molecule has 4 heterocycles. The SMILES string of the molecule is CN(C)CC1c2c(OC3CC4(C3)CN(c3ncncc3Cc3ccc(F)cc3C=O)C4)ccnc2CCN1[CH2][Pb]. The number of aldehydes is 1. The standard InChI is InChI=1S/C30H34FN6O2.Pb/c1-35(2)15-26-28-25(7-9-36(26)3)33-8-6-27(28)39-24-12-30(13-24)17-37(18-30)29-21(14-32-19-34-29)10-20-4-5-23(31)11-22(20)16-38;/h4-6,8,11,14,16,19,24,26H,3,7,9-10,12-13,15,17-18H2,1-2H3;. The fourth-order valence-corrected chi connectivity index (χ4v) is 8.10. The van der Waals surface area contributed by atoms with E-state index in [0.29, 0.717) is 24.3 Å². The van der Waals surface area contributed by atoms with Crippen LogP contribution >= 0.6 is 0 Å². The van der Waals surface area contributed by atoms with Gasteiger partial charge in [-0.3, -0.25) is 4.79 Å². The number of nitrogens with zero attached hydrogens (tertiary/aromatic N) is 6. The van der Waals surface area contributed by atoms with Crippen LogP contribution in [-0.4, -0.2) is 107 Å². The molecule has 1 atom stereocenters. The minimum atomic E-state index is -0.410. The molecular formula is C30H34FN6O2Pb. The van der Waals surface area contributed by atoms with Gasteiger partial charge in [-0.2, -0.15) is 0 Å². The van der Waals surface area contributed by atoms with Crippen LogP contribution in [0, 0.1) is 11.2 Å². The number of likely N-dealkylation sites (N-methyl/N-ethyl adjacent to an activating group) is 1. The fraction of sp³-hybridized carbons (Fsp3) is 0.467. The Morgan fingerprint density at radius 2 is 2.02 bits per heavy atom. The van der Waals surface area contributed by atoms with E-state index in [1.54, 1.807) is 18.6 Å². The van der Waals surface area contributed by atoms with Crippen LogP contribution in [0.1, 0.15) is 51.6 Å². The summed E-state index contributed by atoms with van der Waals surface area (Å²) >= 11 is 1.15. The molecule has 6 rings (SSSR count). The van der Waals surface area contributed by atoms with Crippen molar-refractivity contribution in [2.45, 2.75) is 37.8 Å². The summed E-state index contributed by atoms with van der Waals surface area (Å²) in [4.78, 5) is 32.2. The zero-order valence-electron chi connectivity index (χ0n) is 23.0. The first-order valence-electron chi connectivity index (χ1n) is 13.8. The third-order valence-corrected chi connectivity index (χ3v) is 10.1. The van der Waals surface area contributed by atoms with E-state index in [9.17, 15) is 9.18 Å². The molecule has 2 fully saturated rings. The van der Waals surface area contributed by atoms with Crippen molar-refractivity contribution in [2.75, 3.05) is 49.3 Å². The van der Waals surface area contributed by atoms with Crippen LogP contribution in [-0.2, 0) is 12.8 Å². The monoisotopic (exact) mass is 737 g/mol. The number of hydrogen-bond donors (Lipinski definition) is 0. The molecule has 1 aromatic carbocycles. The summed E-state index contributed by atoms with van der Waals surface area (Å²) < 4.78 is 21.5. The second kappa shape index (κ2) is 11.4. The van der Waals surface area contributed by atoms with Crippen LogP contribution in [0.5, 0.6) is 5.75 Å². The van der Waals surface area contributed by atoms with Crippen molar-refractivity contribution >= 4 is 37.9 Å². The van der Waals surface area contributed by atoms with Gasteiger partial charge in [-0.15, -0.1) is 0 Å². The molecule has 2 aliphatic heterocycles. The quantitative estimate of drug-likeness (QED) is 0.246. The number of carbonyl (C=O) groups is 1. The number of fused-ring (bicyclic) bond motifs is 1. The topological polar surface area (TPSA) is 74.7 Å². The van der Waals surface area contributed by atoms with E-state index in [4.69, 9.17) is 9.72 Å². The van der Waals surface area contributed by atoms with Crippen LogP contribution in [0.15, 0.2) is 43.0 Å². The van der Waals surface area contributed by atoms with Crippen molar-refractivity contribution < 1.29 is 13.9 Å². The van der Waals surface area contributed by atoms with Crippen LogP contribution in [0.3, 0.4) is 0 Å². The van der Waals surface area contributed by atoms with Gasteiger partial charge in [0.25, 0.3) is 0 Å². The zero-order valence-corrected chi connectivity index (χ0v) is 26.9. The molecule has 8 nitrogen and oxygen atoms in total. The first-order valence-corrected chi connectivity index (χ1v) is 16.6. The number of ether oxygens (including phenoxy) is 1. The molecule has 3 aromatic rings. The third-order valence-electron chi connectivity index (χ3n) is 8.53. The number of rotatable bonds is 9. The van der Waals surface area contributed by atoms with Gasteiger partial charge in [0.1, 0.15) is 18.4 Å². The van der Waals surface area contributed by atoms with Gasteiger partial charge in [0.05, 0.1) is 0 Å². The van der Waals surface area contributed by atoms with Crippen LogP contribution < -0.4 is 9.64 Å². The first-order chi connectivity index (χ1) is 19.4. The summed E-state index contributed by atoms with van der Waals surface area (Å²) in [6.07, 6.45) is 9.71. The molecule has 1 aliphatic carbocycles. The van der Waals surface area contributed by atoms with Gasteiger partial charge in [-0.05, 0) is 17.7 Å². The molecular weight excluding hydrogens is 703 g/mol. The molecule has 207 valence electrons. The molecule has 10 heteroatoms. The molecule has 0 amide bonds. The number of carbonyl (C=O) groups excluding carboxylic acids is 1. The zero-order chi connectivity index (χ0) is 27.9. The second-order valence-corrected chi connectivity index (χ2v) is 12.9. The Labute approximate surface area is 250 Å². The minimum absolute atomic E-state index is 0.208. The van der Waals surface area contributed by atoms with Crippen molar-refractivity contribution in [1.29, 1.82) is 0 Å². The molecule has 3 aliphatic rings. The molecule has 2 aromatic heterocycles. The number of halogens is 1. The Hall–Kier alpha value is -2.51. The van der Waals surface area contributed by atoms with Gasteiger partial charge in [0, 0.05) is 23.7 Å². The van der Waals surface area contributed by atoms with Gasteiger partial charge in [0.2, 0.25) is 0 Å². The first kappa shape index (κ1) is 27.7. The van der Waals surface area contributed by atoms with E-state index in [-0.39, 0.29) is 11.5 Å². The average molecular weight is 737 g/mol. The van der Waals surface area contributed by atoms with E-state index in [1.807, 2.05) is 6.20 Å². The molecule has 3 radical (unpaired) electrons. The van der Waals surface area contributed by atoms with Crippen LogP contribution in [0.4, 0.5) is 10.2 Å². The Morgan fingerprint density at radius 1 is 1.20 bits per heavy atom. The van der Waals surface area contributed by atoms with Crippen LogP contribution in [0.25, 0.3) is 0 Å². The number of anilines is 1. The summed E-state index contributed by atoms with van der Waals surface area (Å²) in [6, 6.07) is 6.73. The molecule has 0 bridgehead atoms. The van der Waals surface area contributed by atoms with Gasteiger partial charge in [0.15, 0.2) is 0 Å². The number of aromatic nitrogens is 3. The van der Waals surface area contributed by atoms with Crippen LogP contribution in [0.2, 0.25) is 0 Å². The van der Waals surface area contributed by atoms with Gasteiger partial charge >= 0.3 is 166 Å². The number of benzene rings is 1. The van der Waals surface area contributed by atoms with E-state index in [2.05, 4.69) is 44.8 Å². The molecule has 1 unspecified atom stereocenters. The molecule has 0 N–H and O–H groups in total. The predicted molar refractivity (Wildman–Crippen MR) is 151 cm³/mol. The number of hydrogen-bond acceptors (Lipinski definition) is 8. The summed E-state index contributed by atoms with van der Waals surface area (Å²) in [5.74, 6) is 1.49. The van der Waals surface area contributed by atoms with E-state index in [1.165, 1.54) is 23.4 Å². The number of pyridine rings is 1. The Balaban J connectivity index is 1.12. The Bertz CT molecular complexity index is 1390. The maximum atomic E-state index is 13.6. The maximum absolute atomic E-state index is 13.6. The van der Waals surface area contributed by atoms with Crippen molar-refractivity contribution in [3.05, 3.63) is 76.8 Å². The van der Waals surface area contributed by atoms with Crippen molar-refractivity contribution in [3.63, 3.8) is 0 Å². The van der Waals surface area contributed by atoms with Gasteiger partial charge in [-0.1, -0.05) is 6.07 Å². The molecule has 1 spiro atoms. The average Bonchev–Trinajstić information content (AvgIpc) is 2.90. The normalized spacial score (nSPS) is 20.2. The second-order valence-electron chi connectivity index (χ2n) is 11.7. The molecule has 1 saturated carbocycles. The van der Waals surface area contributed by atoms with Crippen molar-refractivity contribution in [1.82, 2.24) is 24.8 Å². The molecule has 40 heavy (non-hydrogen) atoms. The summed E-state index contributed by atoms with van der Waals surface area (Å²) in [5, 5.41) is 0. The van der Waals surface area contributed by atoms with Crippen molar-refractivity contribution in [2.24, 2.45) is 5.41 Å². The Morgan fingerprint density at radius 3 is 2.77 bits per heavy atom. The van der Waals surface area contributed by atoms with Gasteiger partial charge < -0.3 is 0 Å². The predicted octanol–water partition coefficient (Wildman–Crippen LogP) is 3.05. The Kier molecular flexibility index (Phi) is 7.88. The molecule has 1 saturated heterocycles. The third kappa shape index (κ3) is 5.39. The summed E-state index contributed by atoms with van der Waals surface area (Å²) in [7, 11) is 4.27. The van der Waals surface area contributed by atoms with Crippen molar-refractivity contribution in [3.8, 4) is 5.75 Å².